The molecule has 2 N–H and O–H groups in total. The average Bonchev–Trinajstić information content (AvgIpc) is 2.90. The van der Waals surface area contributed by atoms with E-state index in [-0.39, 0.29) is 6.04 Å². The molecule has 18 heavy (non-hydrogen) atoms. The molecule has 0 bridgehead atoms. The molecule has 2 atom stereocenters. The zero-order chi connectivity index (χ0) is 13.0. The van der Waals surface area contributed by atoms with Crippen molar-refractivity contribution in [1.82, 2.24) is 5.32 Å². The lowest BCUT2D eigenvalue weighted by atomic mass is 10.1. The summed E-state index contributed by atoms with van der Waals surface area (Å²) in [5, 5.41) is 17.3. The maximum Gasteiger partial charge on any atom is 0.0922 e. The van der Waals surface area contributed by atoms with Crippen molar-refractivity contribution in [2.75, 3.05) is 6.54 Å². The van der Waals surface area contributed by atoms with E-state index in [0.29, 0.717) is 6.54 Å². The van der Waals surface area contributed by atoms with E-state index in [0.717, 1.165) is 5.56 Å². The first-order valence-electron chi connectivity index (χ1n) is 5.86. The molecule has 1 heterocycles. The van der Waals surface area contributed by atoms with Crippen LogP contribution in [0.25, 0.3) is 0 Å². The van der Waals surface area contributed by atoms with Crippen LogP contribution < -0.4 is 5.32 Å². The van der Waals surface area contributed by atoms with Gasteiger partial charge in [0.05, 0.1) is 6.10 Å². The predicted molar refractivity (Wildman–Crippen MR) is 84.9 cm³/mol. The maximum absolute atomic E-state index is 9.99. The molecule has 0 saturated carbocycles. The van der Waals surface area contributed by atoms with Gasteiger partial charge in [0.25, 0.3) is 0 Å². The molecule has 0 radical (unpaired) electrons. The Labute approximate surface area is 125 Å². The Bertz CT molecular complexity index is 469. The van der Waals surface area contributed by atoms with E-state index in [2.05, 4.69) is 59.1 Å². The predicted octanol–water partition coefficient (Wildman–Crippen LogP) is 3.74. The smallest absolute Gasteiger partial charge is 0.0922 e. The molecular formula is C14H16INOS. The second kappa shape index (κ2) is 6.65. The van der Waals surface area contributed by atoms with Crippen LogP contribution in [0, 0.1) is 3.57 Å². The molecule has 0 aliphatic carbocycles. The third-order valence-corrected chi connectivity index (χ3v) is 4.34. The third kappa shape index (κ3) is 3.78. The summed E-state index contributed by atoms with van der Waals surface area (Å²) in [6, 6.07) is 10.7. The molecule has 96 valence electrons. The van der Waals surface area contributed by atoms with Crippen LogP contribution in [-0.4, -0.2) is 11.7 Å². The summed E-state index contributed by atoms with van der Waals surface area (Å²) in [6.45, 7) is 2.69. The highest BCUT2D eigenvalue weighted by atomic mass is 127. The molecule has 1 aromatic heterocycles. The molecule has 0 fully saturated rings. The largest absolute Gasteiger partial charge is 0.387 e. The summed E-state index contributed by atoms with van der Waals surface area (Å²) in [5.74, 6) is 0. The van der Waals surface area contributed by atoms with Gasteiger partial charge in [-0.2, -0.15) is 11.3 Å². The van der Waals surface area contributed by atoms with E-state index in [1.807, 2.05) is 16.8 Å². The van der Waals surface area contributed by atoms with E-state index in [9.17, 15) is 5.11 Å². The Kier molecular flexibility index (Phi) is 5.17. The van der Waals surface area contributed by atoms with Crippen LogP contribution in [0.3, 0.4) is 0 Å². The Hall–Kier alpha value is -0.430. The molecule has 2 unspecified atom stereocenters. The van der Waals surface area contributed by atoms with Gasteiger partial charge in [-0.1, -0.05) is 12.1 Å². The Morgan fingerprint density at radius 1 is 1.22 bits per heavy atom. The van der Waals surface area contributed by atoms with Gasteiger partial charge < -0.3 is 10.4 Å². The molecule has 1 aromatic carbocycles. The van der Waals surface area contributed by atoms with Gasteiger partial charge in [0, 0.05) is 16.2 Å². The number of thiophene rings is 1. The molecule has 0 spiro atoms. The highest BCUT2D eigenvalue weighted by Crippen LogP contribution is 2.18. The van der Waals surface area contributed by atoms with Crippen molar-refractivity contribution in [2.45, 2.75) is 19.1 Å². The van der Waals surface area contributed by atoms with Gasteiger partial charge in [-0.3, -0.25) is 0 Å². The lowest BCUT2D eigenvalue weighted by molar-refractivity contribution is 0.171. The molecule has 2 aromatic rings. The summed E-state index contributed by atoms with van der Waals surface area (Å²) in [6.07, 6.45) is -0.428. The minimum absolute atomic E-state index is 0.246. The Balaban J connectivity index is 1.88. The van der Waals surface area contributed by atoms with Crippen molar-refractivity contribution in [3.05, 3.63) is 55.8 Å². The van der Waals surface area contributed by atoms with Crippen molar-refractivity contribution in [3.8, 4) is 0 Å². The van der Waals surface area contributed by atoms with Crippen LogP contribution in [0.1, 0.15) is 30.2 Å². The number of benzene rings is 1. The van der Waals surface area contributed by atoms with Crippen molar-refractivity contribution >= 4 is 33.9 Å². The summed E-state index contributed by atoms with van der Waals surface area (Å²) in [4.78, 5) is 0. The molecule has 2 nitrogen and oxygen atoms in total. The number of aliphatic hydroxyl groups is 1. The van der Waals surface area contributed by atoms with E-state index < -0.39 is 6.10 Å². The van der Waals surface area contributed by atoms with Crippen LogP contribution in [0.5, 0.6) is 0 Å². The number of hydrogen-bond acceptors (Lipinski definition) is 3. The van der Waals surface area contributed by atoms with Crippen LogP contribution in [-0.2, 0) is 0 Å². The molecule has 0 amide bonds. The SMILES string of the molecule is CC(NCC(O)c1ccsc1)c1ccc(I)cc1. The highest BCUT2D eigenvalue weighted by molar-refractivity contribution is 14.1. The van der Waals surface area contributed by atoms with E-state index in [1.165, 1.54) is 9.13 Å². The summed E-state index contributed by atoms with van der Waals surface area (Å²) >= 11 is 3.91. The lowest BCUT2D eigenvalue weighted by Crippen LogP contribution is -2.24. The van der Waals surface area contributed by atoms with Gasteiger partial charge in [0.15, 0.2) is 0 Å². The fourth-order valence-corrected chi connectivity index (χ4v) is 2.81. The summed E-state index contributed by atoms with van der Waals surface area (Å²) < 4.78 is 1.24. The van der Waals surface area contributed by atoms with E-state index in [1.54, 1.807) is 11.3 Å². The molecule has 4 heteroatoms. The Morgan fingerprint density at radius 3 is 2.56 bits per heavy atom. The first-order chi connectivity index (χ1) is 8.66. The summed E-state index contributed by atoms with van der Waals surface area (Å²) in [5.41, 5.74) is 2.23. The minimum Gasteiger partial charge on any atom is -0.387 e. The number of rotatable bonds is 5. The second-order valence-corrected chi connectivity index (χ2v) is 6.28. The topological polar surface area (TPSA) is 32.3 Å². The molecular weight excluding hydrogens is 357 g/mol. The molecule has 2 rings (SSSR count). The molecule has 0 saturated heterocycles. The van der Waals surface area contributed by atoms with Gasteiger partial charge in [-0.25, -0.2) is 0 Å². The zero-order valence-corrected chi connectivity index (χ0v) is 13.1. The lowest BCUT2D eigenvalue weighted by Gasteiger charge is -2.17. The minimum atomic E-state index is -0.428. The first kappa shape index (κ1) is 14.0. The van der Waals surface area contributed by atoms with E-state index >= 15 is 0 Å². The van der Waals surface area contributed by atoms with Crippen molar-refractivity contribution < 1.29 is 5.11 Å². The van der Waals surface area contributed by atoms with Crippen LogP contribution in [0.4, 0.5) is 0 Å². The number of hydrogen-bond donors (Lipinski definition) is 2. The molecule has 0 aliphatic rings. The number of aliphatic hydroxyl groups excluding tert-OH is 1. The maximum atomic E-state index is 9.99. The normalized spacial score (nSPS) is 14.4. The van der Waals surface area contributed by atoms with Crippen molar-refractivity contribution in [3.63, 3.8) is 0 Å². The van der Waals surface area contributed by atoms with E-state index in [4.69, 9.17) is 0 Å². The summed E-state index contributed by atoms with van der Waals surface area (Å²) in [7, 11) is 0. The average molecular weight is 373 g/mol. The van der Waals surface area contributed by atoms with Crippen molar-refractivity contribution in [2.24, 2.45) is 0 Å². The third-order valence-electron chi connectivity index (χ3n) is 2.92. The number of nitrogens with one attached hydrogen (secondary N) is 1. The molecule has 0 aliphatic heterocycles. The van der Waals surface area contributed by atoms with Gasteiger partial charge in [-0.05, 0) is 69.6 Å². The standard InChI is InChI=1S/C14H16INOS/c1-10(11-2-4-13(15)5-3-11)16-8-14(17)12-6-7-18-9-12/h2-7,9-10,14,16-17H,8H2,1H3. The fourth-order valence-electron chi connectivity index (χ4n) is 1.74. The van der Waals surface area contributed by atoms with Gasteiger partial charge in [0.1, 0.15) is 0 Å². The quantitative estimate of drug-likeness (QED) is 0.783. The monoisotopic (exact) mass is 373 g/mol. The Morgan fingerprint density at radius 2 is 1.94 bits per heavy atom. The van der Waals surface area contributed by atoms with Crippen LogP contribution >= 0.6 is 33.9 Å². The van der Waals surface area contributed by atoms with Gasteiger partial charge in [0.2, 0.25) is 0 Å². The van der Waals surface area contributed by atoms with Crippen LogP contribution in [0.15, 0.2) is 41.1 Å². The zero-order valence-electron chi connectivity index (χ0n) is 10.1. The first-order valence-corrected chi connectivity index (χ1v) is 7.88. The fraction of sp³-hybridized carbons (Fsp3) is 0.286. The van der Waals surface area contributed by atoms with Crippen molar-refractivity contribution in [1.29, 1.82) is 0 Å². The highest BCUT2D eigenvalue weighted by Gasteiger charge is 2.10. The van der Waals surface area contributed by atoms with Gasteiger partial charge in [-0.15, -0.1) is 0 Å². The van der Waals surface area contributed by atoms with Crippen LogP contribution in [0.2, 0.25) is 0 Å². The van der Waals surface area contributed by atoms with Gasteiger partial charge >= 0.3 is 0 Å². The second-order valence-electron chi connectivity index (χ2n) is 4.25. The number of halogens is 1.